The van der Waals surface area contributed by atoms with Gasteiger partial charge in [-0.15, -0.1) is 0 Å². The average molecular weight is 267 g/mol. The molecule has 0 radical (unpaired) electrons. The fraction of sp³-hybridized carbons (Fsp3) is 0.600. The third-order valence-electron chi connectivity index (χ3n) is 4.36. The Balaban J connectivity index is 2.20. The highest BCUT2D eigenvalue weighted by atomic mass is 35.5. The maximum atomic E-state index is 6.02. The van der Waals surface area contributed by atoms with Crippen molar-refractivity contribution in [3.8, 4) is 0 Å². The SMILES string of the molecule is Cc1cc(Cl)ccc1N1CCC(C)(C)C(CN)C1. The van der Waals surface area contributed by atoms with Gasteiger partial charge in [0.1, 0.15) is 0 Å². The lowest BCUT2D eigenvalue weighted by molar-refractivity contribution is 0.177. The topological polar surface area (TPSA) is 29.3 Å². The third kappa shape index (κ3) is 2.65. The van der Waals surface area contributed by atoms with Gasteiger partial charge in [-0.1, -0.05) is 25.4 Å². The van der Waals surface area contributed by atoms with Crippen LogP contribution < -0.4 is 10.6 Å². The molecule has 100 valence electrons. The van der Waals surface area contributed by atoms with Crippen LogP contribution in [0.5, 0.6) is 0 Å². The van der Waals surface area contributed by atoms with Crippen LogP contribution in [0.1, 0.15) is 25.8 Å². The van der Waals surface area contributed by atoms with Crippen molar-refractivity contribution in [2.24, 2.45) is 17.1 Å². The second-order valence-corrected chi connectivity index (χ2v) is 6.48. The van der Waals surface area contributed by atoms with Crippen LogP contribution in [0.2, 0.25) is 5.02 Å². The number of hydrogen-bond donors (Lipinski definition) is 1. The molecule has 1 aromatic rings. The highest BCUT2D eigenvalue weighted by molar-refractivity contribution is 6.30. The lowest BCUT2D eigenvalue weighted by Crippen LogP contribution is -2.47. The molecule has 3 heteroatoms. The van der Waals surface area contributed by atoms with Crippen LogP contribution in [-0.2, 0) is 0 Å². The van der Waals surface area contributed by atoms with Crippen molar-refractivity contribution < 1.29 is 0 Å². The molecule has 0 bridgehead atoms. The highest BCUT2D eigenvalue weighted by Crippen LogP contribution is 2.37. The predicted octanol–water partition coefficient (Wildman–Crippen LogP) is 3.46. The van der Waals surface area contributed by atoms with Gasteiger partial charge >= 0.3 is 0 Å². The zero-order chi connectivity index (χ0) is 13.3. The number of piperidine rings is 1. The van der Waals surface area contributed by atoms with Crippen LogP contribution in [-0.4, -0.2) is 19.6 Å². The van der Waals surface area contributed by atoms with Gasteiger partial charge in [0.25, 0.3) is 0 Å². The van der Waals surface area contributed by atoms with Crippen molar-refractivity contribution in [1.29, 1.82) is 0 Å². The molecule has 1 fully saturated rings. The van der Waals surface area contributed by atoms with E-state index in [1.807, 2.05) is 12.1 Å². The van der Waals surface area contributed by atoms with Crippen LogP contribution >= 0.6 is 11.6 Å². The fourth-order valence-corrected chi connectivity index (χ4v) is 3.04. The van der Waals surface area contributed by atoms with Gasteiger partial charge in [-0.2, -0.15) is 0 Å². The first-order valence-electron chi connectivity index (χ1n) is 6.65. The van der Waals surface area contributed by atoms with E-state index in [9.17, 15) is 0 Å². The van der Waals surface area contributed by atoms with E-state index in [1.165, 1.54) is 17.7 Å². The van der Waals surface area contributed by atoms with E-state index in [0.717, 1.165) is 24.7 Å². The zero-order valence-corrected chi connectivity index (χ0v) is 12.3. The molecule has 1 heterocycles. The smallest absolute Gasteiger partial charge is 0.0410 e. The van der Waals surface area contributed by atoms with Gasteiger partial charge in [0.05, 0.1) is 0 Å². The van der Waals surface area contributed by atoms with E-state index in [-0.39, 0.29) is 0 Å². The van der Waals surface area contributed by atoms with E-state index < -0.39 is 0 Å². The number of nitrogens with two attached hydrogens (primary N) is 1. The van der Waals surface area contributed by atoms with E-state index in [2.05, 4.69) is 31.7 Å². The van der Waals surface area contributed by atoms with Crippen LogP contribution in [0.4, 0.5) is 5.69 Å². The van der Waals surface area contributed by atoms with Crippen molar-refractivity contribution in [1.82, 2.24) is 0 Å². The normalized spacial score (nSPS) is 23.2. The van der Waals surface area contributed by atoms with Gasteiger partial charge in [-0.3, -0.25) is 0 Å². The fourth-order valence-electron chi connectivity index (χ4n) is 2.82. The molecule has 0 aromatic heterocycles. The molecule has 0 spiro atoms. The summed E-state index contributed by atoms with van der Waals surface area (Å²) in [7, 11) is 0. The van der Waals surface area contributed by atoms with Crippen LogP contribution in [0.15, 0.2) is 18.2 Å². The lowest BCUT2D eigenvalue weighted by Gasteiger charge is -2.45. The van der Waals surface area contributed by atoms with Crippen molar-refractivity contribution >= 4 is 17.3 Å². The maximum Gasteiger partial charge on any atom is 0.0410 e. The van der Waals surface area contributed by atoms with Crippen LogP contribution in [0, 0.1) is 18.3 Å². The van der Waals surface area contributed by atoms with E-state index in [1.54, 1.807) is 0 Å². The number of halogens is 1. The predicted molar refractivity (Wildman–Crippen MR) is 79.3 cm³/mol. The van der Waals surface area contributed by atoms with E-state index in [0.29, 0.717) is 11.3 Å². The molecule has 1 aromatic carbocycles. The van der Waals surface area contributed by atoms with E-state index >= 15 is 0 Å². The molecule has 0 amide bonds. The minimum Gasteiger partial charge on any atom is -0.371 e. The maximum absolute atomic E-state index is 6.02. The lowest BCUT2D eigenvalue weighted by atomic mass is 9.73. The van der Waals surface area contributed by atoms with Gasteiger partial charge in [0.2, 0.25) is 0 Å². The summed E-state index contributed by atoms with van der Waals surface area (Å²) in [6.45, 7) is 9.69. The molecule has 1 aliphatic rings. The standard InChI is InChI=1S/C15H23ClN2/c1-11-8-13(16)4-5-14(11)18-7-6-15(2,3)12(9-17)10-18/h4-5,8,12H,6-7,9-10,17H2,1-3H3. The Hall–Kier alpha value is -0.730. The largest absolute Gasteiger partial charge is 0.371 e. The van der Waals surface area contributed by atoms with Gasteiger partial charge in [0.15, 0.2) is 0 Å². The molecule has 0 aliphatic carbocycles. The van der Waals surface area contributed by atoms with Crippen molar-refractivity contribution in [2.45, 2.75) is 27.2 Å². The second kappa shape index (κ2) is 5.10. The summed E-state index contributed by atoms with van der Waals surface area (Å²) in [6.07, 6.45) is 1.19. The monoisotopic (exact) mass is 266 g/mol. The Bertz CT molecular complexity index is 429. The van der Waals surface area contributed by atoms with E-state index in [4.69, 9.17) is 17.3 Å². The Morgan fingerprint density at radius 2 is 2.17 bits per heavy atom. The number of benzene rings is 1. The minimum atomic E-state index is 0.353. The van der Waals surface area contributed by atoms with Gasteiger partial charge in [-0.05, 0) is 55.0 Å². The summed E-state index contributed by atoms with van der Waals surface area (Å²) in [6, 6.07) is 6.14. The summed E-state index contributed by atoms with van der Waals surface area (Å²) in [4.78, 5) is 2.45. The summed E-state index contributed by atoms with van der Waals surface area (Å²) in [5, 5.41) is 0.809. The highest BCUT2D eigenvalue weighted by Gasteiger charge is 2.34. The summed E-state index contributed by atoms with van der Waals surface area (Å²) in [5.41, 5.74) is 8.83. The molecule has 2 rings (SSSR count). The second-order valence-electron chi connectivity index (χ2n) is 6.05. The van der Waals surface area contributed by atoms with Crippen LogP contribution in [0.25, 0.3) is 0 Å². The molecule has 2 N–H and O–H groups in total. The zero-order valence-electron chi connectivity index (χ0n) is 11.5. The first kappa shape index (κ1) is 13.7. The molecule has 18 heavy (non-hydrogen) atoms. The summed E-state index contributed by atoms with van der Waals surface area (Å²) in [5.74, 6) is 0.557. The Morgan fingerprint density at radius 1 is 1.44 bits per heavy atom. The van der Waals surface area contributed by atoms with Gasteiger partial charge in [-0.25, -0.2) is 0 Å². The molecule has 2 nitrogen and oxygen atoms in total. The molecule has 1 saturated heterocycles. The minimum absolute atomic E-state index is 0.353. The number of aryl methyl sites for hydroxylation is 1. The number of hydrogen-bond acceptors (Lipinski definition) is 2. The Labute approximate surface area is 115 Å². The summed E-state index contributed by atoms with van der Waals surface area (Å²) < 4.78 is 0. The first-order valence-corrected chi connectivity index (χ1v) is 7.03. The average Bonchev–Trinajstić information content (AvgIpc) is 2.30. The van der Waals surface area contributed by atoms with Crippen LogP contribution in [0.3, 0.4) is 0 Å². The number of rotatable bonds is 2. The number of anilines is 1. The molecule has 1 atom stereocenters. The molecule has 1 unspecified atom stereocenters. The molecule has 0 saturated carbocycles. The Morgan fingerprint density at radius 3 is 2.78 bits per heavy atom. The third-order valence-corrected chi connectivity index (χ3v) is 4.59. The molecular formula is C15H23ClN2. The molecular weight excluding hydrogens is 244 g/mol. The Kier molecular flexibility index (Phi) is 3.88. The van der Waals surface area contributed by atoms with Crippen molar-refractivity contribution in [3.63, 3.8) is 0 Å². The van der Waals surface area contributed by atoms with Gasteiger partial charge < -0.3 is 10.6 Å². The van der Waals surface area contributed by atoms with Crippen molar-refractivity contribution in [3.05, 3.63) is 28.8 Å². The number of nitrogens with zero attached hydrogens (tertiary/aromatic N) is 1. The quantitative estimate of drug-likeness (QED) is 0.888. The van der Waals surface area contributed by atoms with Gasteiger partial charge in [0, 0.05) is 23.8 Å². The van der Waals surface area contributed by atoms with Crippen molar-refractivity contribution in [2.75, 3.05) is 24.5 Å². The summed E-state index contributed by atoms with van der Waals surface area (Å²) >= 11 is 6.02. The molecule has 1 aliphatic heterocycles. The first-order chi connectivity index (χ1) is 8.44.